The fraction of sp³-hybridized carbons (Fsp3) is 0.933. The summed E-state index contributed by atoms with van der Waals surface area (Å²) in [6.45, 7) is 10.8. The molecule has 1 aliphatic rings. The lowest BCUT2D eigenvalue weighted by molar-refractivity contribution is -0.140. The third kappa shape index (κ3) is 3.47. The van der Waals surface area contributed by atoms with Gasteiger partial charge in [0.1, 0.15) is 0 Å². The molecule has 0 aromatic carbocycles. The van der Waals surface area contributed by atoms with Gasteiger partial charge in [-0.15, -0.1) is 0 Å². The van der Waals surface area contributed by atoms with Gasteiger partial charge in [-0.3, -0.25) is 4.79 Å². The molecule has 4 unspecified atom stereocenters. The van der Waals surface area contributed by atoms with E-state index in [2.05, 4.69) is 34.6 Å². The van der Waals surface area contributed by atoms with E-state index < -0.39 is 0 Å². The van der Waals surface area contributed by atoms with Gasteiger partial charge in [0.2, 0.25) is 5.91 Å². The van der Waals surface area contributed by atoms with E-state index in [0.29, 0.717) is 11.8 Å². The van der Waals surface area contributed by atoms with Crippen molar-refractivity contribution in [3.8, 4) is 0 Å². The summed E-state index contributed by atoms with van der Waals surface area (Å²) in [5, 5.41) is 0. The minimum absolute atomic E-state index is 0.124. The van der Waals surface area contributed by atoms with Crippen LogP contribution in [0.15, 0.2) is 0 Å². The fourth-order valence-electron chi connectivity index (χ4n) is 2.84. The molecule has 3 nitrogen and oxygen atoms in total. The Kier molecular flexibility index (Phi) is 4.82. The third-order valence-corrected chi connectivity index (χ3v) is 4.71. The standard InChI is InChI=1S/C15H30N2O/c1-10-9-12(16)7-8-13(10)14(18)17(6)11(2)15(3,4)5/h10-13H,7-9,16H2,1-6H3. The first kappa shape index (κ1) is 15.5. The molecule has 106 valence electrons. The van der Waals surface area contributed by atoms with Crippen LogP contribution in [-0.2, 0) is 4.79 Å². The van der Waals surface area contributed by atoms with Crippen LogP contribution < -0.4 is 5.73 Å². The van der Waals surface area contributed by atoms with Crippen LogP contribution in [-0.4, -0.2) is 29.9 Å². The van der Waals surface area contributed by atoms with Gasteiger partial charge in [0.25, 0.3) is 0 Å². The molecular weight excluding hydrogens is 224 g/mol. The van der Waals surface area contributed by atoms with Gasteiger partial charge < -0.3 is 10.6 Å². The van der Waals surface area contributed by atoms with Crippen LogP contribution >= 0.6 is 0 Å². The molecule has 2 N–H and O–H groups in total. The minimum atomic E-state index is 0.124. The topological polar surface area (TPSA) is 46.3 Å². The van der Waals surface area contributed by atoms with Gasteiger partial charge in [0.05, 0.1) is 0 Å². The quantitative estimate of drug-likeness (QED) is 0.823. The fourth-order valence-corrected chi connectivity index (χ4v) is 2.84. The zero-order valence-electron chi connectivity index (χ0n) is 12.9. The Hall–Kier alpha value is -0.570. The number of nitrogens with zero attached hydrogens (tertiary/aromatic N) is 1. The number of rotatable bonds is 2. The number of carbonyl (C=O) groups excluding carboxylic acids is 1. The van der Waals surface area contributed by atoms with Crippen molar-refractivity contribution in [1.82, 2.24) is 4.90 Å². The van der Waals surface area contributed by atoms with E-state index in [1.165, 1.54) is 0 Å². The molecule has 0 spiro atoms. The van der Waals surface area contributed by atoms with Crippen LogP contribution in [0.3, 0.4) is 0 Å². The smallest absolute Gasteiger partial charge is 0.225 e. The van der Waals surface area contributed by atoms with Gasteiger partial charge in [-0.25, -0.2) is 0 Å². The van der Waals surface area contributed by atoms with Crippen LogP contribution in [0.1, 0.15) is 53.9 Å². The molecule has 0 bridgehead atoms. The van der Waals surface area contributed by atoms with Crippen LogP contribution in [0, 0.1) is 17.3 Å². The highest BCUT2D eigenvalue weighted by atomic mass is 16.2. The van der Waals surface area contributed by atoms with E-state index in [4.69, 9.17) is 5.73 Å². The van der Waals surface area contributed by atoms with Gasteiger partial charge in [-0.1, -0.05) is 27.7 Å². The Morgan fingerprint density at radius 3 is 2.33 bits per heavy atom. The summed E-state index contributed by atoms with van der Waals surface area (Å²) in [4.78, 5) is 14.5. The predicted octanol–water partition coefficient (Wildman–Crippen LogP) is 2.64. The van der Waals surface area contributed by atoms with E-state index >= 15 is 0 Å². The van der Waals surface area contributed by atoms with Crippen molar-refractivity contribution in [3.63, 3.8) is 0 Å². The highest BCUT2D eigenvalue weighted by Gasteiger charge is 2.36. The first-order chi connectivity index (χ1) is 8.14. The SMILES string of the molecule is CC1CC(N)CCC1C(=O)N(C)C(C)C(C)(C)C. The van der Waals surface area contributed by atoms with Crippen LogP contribution in [0.2, 0.25) is 0 Å². The molecule has 4 atom stereocenters. The van der Waals surface area contributed by atoms with Crippen molar-refractivity contribution < 1.29 is 4.79 Å². The first-order valence-corrected chi connectivity index (χ1v) is 7.16. The average molecular weight is 254 g/mol. The van der Waals surface area contributed by atoms with Gasteiger partial charge in [-0.2, -0.15) is 0 Å². The zero-order valence-corrected chi connectivity index (χ0v) is 12.9. The second kappa shape index (κ2) is 5.60. The molecule has 18 heavy (non-hydrogen) atoms. The summed E-state index contributed by atoms with van der Waals surface area (Å²) in [5.41, 5.74) is 6.09. The van der Waals surface area contributed by atoms with Gasteiger partial charge in [0, 0.05) is 25.0 Å². The first-order valence-electron chi connectivity index (χ1n) is 7.16. The van der Waals surface area contributed by atoms with E-state index in [1.54, 1.807) is 0 Å². The summed E-state index contributed by atoms with van der Waals surface area (Å²) < 4.78 is 0. The number of hydrogen-bond donors (Lipinski definition) is 1. The van der Waals surface area contributed by atoms with E-state index in [-0.39, 0.29) is 23.4 Å². The van der Waals surface area contributed by atoms with Crippen LogP contribution in [0.5, 0.6) is 0 Å². The average Bonchev–Trinajstić information content (AvgIpc) is 2.25. The largest absolute Gasteiger partial charge is 0.342 e. The Morgan fingerprint density at radius 2 is 1.89 bits per heavy atom. The Bertz CT molecular complexity index is 295. The molecule has 0 aromatic heterocycles. The summed E-state index contributed by atoms with van der Waals surface area (Å²) in [7, 11) is 1.94. The van der Waals surface area contributed by atoms with Gasteiger partial charge in [-0.05, 0) is 37.5 Å². The second-order valence-electron chi connectivity index (χ2n) is 7.15. The lowest BCUT2D eigenvalue weighted by atomic mass is 9.77. The summed E-state index contributed by atoms with van der Waals surface area (Å²) in [5.74, 6) is 0.882. The van der Waals surface area contributed by atoms with Crippen molar-refractivity contribution in [1.29, 1.82) is 0 Å². The van der Waals surface area contributed by atoms with Gasteiger partial charge in [0.15, 0.2) is 0 Å². The molecule has 1 rings (SSSR count). The molecule has 1 fully saturated rings. The van der Waals surface area contributed by atoms with Crippen molar-refractivity contribution in [2.24, 2.45) is 23.0 Å². The minimum Gasteiger partial charge on any atom is -0.342 e. The maximum atomic E-state index is 12.6. The third-order valence-electron chi connectivity index (χ3n) is 4.71. The molecule has 0 heterocycles. The monoisotopic (exact) mass is 254 g/mol. The summed E-state index contributed by atoms with van der Waals surface area (Å²) in [6.07, 6.45) is 2.91. The summed E-state index contributed by atoms with van der Waals surface area (Å²) >= 11 is 0. The molecule has 1 amide bonds. The Balaban J connectivity index is 2.69. The number of nitrogens with two attached hydrogens (primary N) is 1. The van der Waals surface area contributed by atoms with Gasteiger partial charge >= 0.3 is 0 Å². The second-order valence-corrected chi connectivity index (χ2v) is 7.15. The maximum Gasteiger partial charge on any atom is 0.225 e. The van der Waals surface area contributed by atoms with Crippen LogP contribution in [0.4, 0.5) is 0 Å². The molecule has 3 heteroatoms. The van der Waals surface area contributed by atoms with Crippen LogP contribution in [0.25, 0.3) is 0 Å². The molecule has 0 saturated heterocycles. The lowest BCUT2D eigenvalue weighted by Gasteiger charge is -2.40. The number of carbonyl (C=O) groups is 1. The maximum absolute atomic E-state index is 12.6. The number of amides is 1. The summed E-state index contributed by atoms with van der Waals surface area (Å²) in [6, 6.07) is 0.544. The predicted molar refractivity (Wildman–Crippen MR) is 76.2 cm³/mol. The molecule has 1 aliphatic carbocycles. The molecule has 0 radical (unpaired) electrons. The Morgan fingerprint density at radius 1 is 1.33 bits per heavy atom. The van der Waals surface area contributed by atoms with Crippen molar-refractivity contribution in [2.75, 3.05) is 7.05 Å². The molecular formula is C15H30N2O. The highest BCUT2D eigenvalue weighted by molar-refractivity contribution is 5.79. The molecule has 0 aliphatic heterocycles. The zero-order chi connectivity index (χ0) is 14.1. The van der Waals surface area contributed by atoms with Crippen molar-refractivity contribution in [2.45, 2.75) is 66.0 Å². The van der Waals surface area contributed by atoms with E-state index in [1.807, 2.05) is 11.9 Å². The molecule has 1 saturated carbocycles. The van der Waals surface area contributed by atoms with E-state index in [0.717, 1.165) is 19.3 Å². The van der Waals surface area contributed by atoms with Crippen molar-refractivity contribution >= 4 is 5.91 Å². The van der Waals surface area contributed by atoms with E-state index in [9.17, 15) is 4.79 Å². The molecule has 0 aromatic rings. The highest BCUT2D eigenvalue weighted by Crippen LogP contribution is 2.32. The lowest BCUT2D eigenvalue weighted by Crippen LogP contribution is -2.48. The number of hydrogen-bond acceptors (Lipinski definition) is 2. The van der Waals surface area contributed by atoms with Crippen molar-refractivity contribution in [3.05, 3.63) is 0 Å². The normalized spacial score (nSPS) is 30.9. The Labute approximate surface area is 112 Å².